The molecule has 10 nitrogen and oxygen atoms in total. The van der Waals surface area contributed by atoms with Crippen LogP contribution in [0.2, 0.25) is 5.02 Å². The number of carbonyl (C=O) groups is 1. The minimum atomic E-state index is -2.60. The van der Waals surface area contributed by atoms with Gasteiger partial charge in [0.1, 0.15) is 18.0 Å². The molecule has 46 heavy (non-hydrogen) atoms. The van der Waals surface area contributed by atoms with Gasteiger partial charge in [0.2, 0.25) is 12.5 Å². The summed E-state index contributed by atoms with van der Waals surface area (Å²) in [6, 6.07) is 5.46. The van der Waals surface area contributed by atoms with Gasteiger partial charge < -0.3 is 24.3 Å². The first kappa shape index (κ1) is 31.9. The summed E-state index contributed by atoms with van der Waals surface area (Å²) >= 11 is 6.66. The first-order valence-corrected chi connectivity index (χ1v) is 15.9. The molecule has 1 saturated carbocycles. The lowest BCUT2D eigenvalue weighted by molar-refractivity contribution is -0.128. The van der Waals surface area contributed by atoms with E-state index in [4.69, 9.17) is 32.9 Å². The molecule has 1 amide bonds. The van der Waals surface area contributed by atoms with Crippen molar-refractivity contribution in [2.75, 3.05) is 56.1 Å². The van der Waals surface area contributed by atoms with Gasteiger partial charge in [-0.2, -0.15) is 9.97 Å². The fourth-order valence-electron chi connectivity index (χ4n) is 6.75. The first-order valence-electron chi connectivity index (χ1n) is 15.5. The summed E-state index contributed by atoms with van der Waals surface area (Å²) < 4.78 is 33.3. The molecule has 0 spiro atoms. The molecule has 2 aliphatic heterocycles. The standard InChI is InChI=1S/C33H37ClF2N8O2/c1-5-29(45)44-12-11-43(19-24(44)16-37-3)31-25-9-10-42(28-17-38-15-22-7-6-8-26(34)30(22)28)20-27(25)39-32(40-31)46-21(2)18-41(4)23-13-33(35,36)14-23/h5-8,15,17,21,23-24H,1,9-14,16,18-20H2,2,4H3/t21-,24-/m0/s1. The molecule has 2 atom stereocenters. The number of fused-ring (bicyclic) bond motifs is 2. The van der Waals surface area contributed by atoms with Crippen molar-refractivity contribution in [1.29, 1.82) is 0 Å². The Morgan fingerprint density at radius 2 is 2.07 bits per heavy atom. The lowest BCUT2D eigenvalue weighted by atomic mass is 9.87. The molecule has 1 saturated heterocycles. The molecule has 3 aromatic rings. The molecule has 242 valence electrons. The number of nitrogens with zero attached hydrogens (tertiary/aromatic N) is 8. The van der Waals surface area contributed by atoms with Crippen LogP contribution in [0, 0.1) is 6.57 Å². The second kappa shape index (κ2) is 13.0. The second-order valence-electron chi connectivity index (χ2n) is 12.4. The number of rotatable bonds is 9. The highest BCUT2D eigenvalue weighted by Gasteiger charge is 2.47. The van der Waals surface area contributed by atoms with Crippen LogP contribution in [0.25, 0.3) is 15.6 Å². The SMILES string of the molecule is [C-]#[N+]C[C@H]1CN(c2nc(O[C@@H](C)CN(C)C3CC(F)(F)C3)nc3c2CCN(c2cncc4cccc(Cl)c24)C3)CCN1C(=O)C=C. The lowest BCUT2D eigenvalue weighted by Crippen LogP contribution is -2.56. The zero-order valence-corrected chi connectivity index (χ0v) is 26.8. The number of ether oxygens (including phenoxy) is 1. The molecule has 1 aromatic carbocycles. The molecule has 1 aliphatic carbocycles. The monoisotopic (exact) mass is 650 g/mol. The number of amides is 1. The van der Waals surface area contributed by atoms with Crippen molar-refractivity contribution in [2.45, 2.75) is 56.8 Å². The van der Waals surface area contributed by atoms with Crippen molar-refractivity contribution in [3.05, 3.63) is 70.9 Å². The zero-order chi connectivity index (χ0) is 32.6. The maximum Gasteiger partial charge on any atom is 0.318 e. The average molecular weight is 651 g/mol. The molecule has 0 N–H and O–H groups in total. The van der Waals surface area contributed by atoms with Crippen molar-refractivity contribution in [3.63, 3.8) is 0 Å². The number of halogens is 3. The molecule has 0 unspecified atom stereocenters. The van der Waals surface area contributed by atoms with Gasteiger partial charge in [-0.1, -0.05) is 30.3 Å². The quantitative estimate of drug-likeness (QED) is 0.240. The number of piperazine rings is 1. The molecule has 0 bridgehead atoms. The third-order valence-electron chi connectivity index (χ3n) is 9.16. The van der Waals surface area contributed by atoms with Gasteiger partial charge in [0.15, 0.2) is 0 Å². The number of hydrogen-bond acceptors (Lipinski definition) is 8. The van der Waals surface area contributed by atoms with E-state index in [1.165, 1.54) is 6.08 Å². The minimum absolute atomic E-state index is 0.148. The Hall–Kier alpha value is -4.08. The molecule has 4 heterocycles. The van der Waals surface area contributed by atoms with Gasteiger partial charge >= 0.3 is 6.01 Å². The van der Waals surface area contributed by atoms with Crippen LogP contribution in [0.4, 0.5) is 20.3 Å². The summed E-state index contributed by atoms with van der Waals surface area (Å²) in [4.78, 5) is 38.4. The molecule has 0 radical (unpaired) electrons. The molecular formula is C33H37ClF2N8O2. The Balaban J connectivity index is 1.31. The summed E-state index contributed by atoms with van der Waals surface area (Å²) in [5.74, 6) is -2.06. The first-order chi connectivity index (χ1) is 22.1. The predicted octanol–water partition coefficient (Wildman–Crippen LogP) is 4.86. The number of anilines is 2. The molecule has 3 aliphatic rings. The van der Waals surface area contributed by atoms with E-state index in [-0.39, 0.29) is 49.5 Å². The Bertz CT molecular complexity index is 1670. The van der Waals surface area contributed by atoms with Crippen LogP contribution in [0.1, 0.15) is 31.0 Å². The van der Waals surface area contributed by atoms with Crippen LogP contribution in [-0.4, -0.2) is 101 Å². The van der Waals surface area contributed by atoms with Crippen LogP contribution in [0.5, 0.6) is 6.01 Å². The van der Waals surface area contributed by atoms with Crippen molar-refractivity contribution in [3.8, 4) is 6.01 Å². The number of likely N-dealkylation sites (N-methyl/N-ethyl adjacent to an activating group) is 1. The van der Waals surface area contributed by atoms with E-state index < -0.39 is 5.92 Å². The fourth-order valence-corrected chi connectivity index (χ4v) is 7.03. The second-order valence-corrected chi connectivity index (χ2v) is 12.8. The largest absolute Gasteiger partial charge is 0.459 e. The van der Waals surface area contributed by atoms with Crippen molar-refractivity contribution in [1.82, 2.24) is 24.8 Å². The molecule has 6 rings (SSSR count). The summed E-state index contributed by atoms with van der Waals surface area (Å²) in [7, 11) is 1.83. The lowest BCUT2D eigenvalue weighted by Gasteiger charge is -2.41. The molecule has 2 fully saturated rings. The molecule has 2 aromatic heterocycles. The molecular weight excluding hydrogens is 614 g/mol. The smallest absolute Gasteiger partial charge is 0.318 e. The maximum atomic E-state index is 13.5. The van der Waals surface area contributed by atoms with Crippen LogP contribution < -0.4 is 14.5 Å². The summed E-state index contributed by atoms with van der Waals surface area (Å²) in [5.41, 5.74) is 2.72. The van der Waals surface area contributed by atoms with Crippen LogP contribution in [0.3, 0.4) is 0 Å². The van der Waals surface area contributed by atoms with Gasteiger partial charge in [-0.15, -0.1) is 0 Å². The van der Waals surface area contributed by atoms with Crippen molar-refractivity contribution >= 4 is 39.8 Å². The van der Waals surface area contributed by atoms with Gasteiger partial charge in [0.05, 0.1) is 29.1 Å². The van der Waals surface area contributed by atoms with E-state index in [1.807, 2.05) is 43.3 Å². The van der Waals surface area contributed by atoms with Gasteiger partial charge in [-0.3, -0.25) is 14.7 Å². The highest BCUT2D eigenvalue weighted by Crippen LogP contribution is 2.40. The Kier molecular flexibility index (Phi) is 8.99. The average Bonchev–Trinajstić information content (AvgIpc) is 3.02. The van der Waals surface area contributed by atoms with Crippen molar-refractivity contribution < 1.29 is 18.3 Å². The number of pyridine rings is 1. The van der Waals surface area contributed by atoms with Gasteiger partial charge in [-0.05, 0) is 32.5 Å². The fraction of sp³-hybridized carbons (Fsp3) is 0.485. The summed E-state index contributed by atoms with van der Waals surface area (Å²) in [6.45, 7) is 16.2. The number of benzene rings is 1. The Morgan fingerprint density at radius 1 is 1.26 bits per heavy atom. The number of carbonyl (C=O) groups excluding carboxylic acids is 1. The Labute approximate surface area is 272 Å². The van der Waals surface area contributed by atoms with E-state index in [1.54, 1.807) is 11.1 Å². The normalized spacial score (nSPS) is 20.2. The highest BCUT2D eigenvalue weighted by molar-refractivity contribution is 6.36. The van der Waals surface area contributed by atoms with Gasteiger partial charge in [0.25, 0.3) is 5.92 Å². The van der Waals surface area contributed by atoms with Crippen molar-refractivity contribution in [2.24, 2.45) is 0 Å². The van der Waals surface area contributed by atoms with E-state index in [9.17, 15) is 13.6 Å². The van der Waals surface area contributed by atoms with E-state index in [2.05, 4.69) is 26.2 Å². The minimum Gasteiger partial charge on any atom is -0.459 e. The number of hydrogen-bond donors (Lipinski definition) is 0. The zero-order valence-electron chi connectivity index (χ0n) is 26.0. The number of alkyl halides is 2. The topological polar surface area (TPSA) is 82.3 Å². The maximum absolute atomic E-state index is 13.5. The number of aromatic nitrogens is 3. The van der Waals surface area contributed by atoms with Gasteiger partial charge in [0, 0.05) is 74.1 Å². The summed E-state index contributed by atoms with van der Waals surface area (Å²) in [6.07, 6.45) is 4.91. The highest BCUT2D eigenvalue weighted by atomic mass is 35.5. The van der Waals surface area contributed by atoms with E-state index in [0.717, 1.165) is 33.5 Å². The summed E-state index contributed by atoms with van der Waals surface area (Å²) in [5, 5.41) is 2.52. The van der Waals surface area contributed by atoms with E-state index >= 15 is 0 Å². The van der Waals surface area contributed by atoms with Crippen LogP contribution >= 0.6 is 11.6 Å². The third-order valence-corrected chi connectivity index (χ3v) is 9.48. The van der Waals surface area contributed by atoms with E-state index in [0.29, 0.717) is 50.7 Å². The Morgan fingerprint density at radius 3 is 2.80 bits per heavy atom. The third kappa shape index (κ3) is 6.44. The van der Waals surface area contributed by atoms with Gasteiger partial charge in [-0.25, -0.2) is 15.4 Å². The van der Waals surface area contributed by atoms with Crippen LogP contribution in [0.15, 0.2) is 43.2 Å². The predicted molar refractivity (Wildman–Crippen MR) is 174 cm³/mol. The molecule has 13 heteroatoms. The van der Waals surface area contributed by atoms with Crippen LogP contribution in [-0.2, 0) is 17.8 Å².